The van der Waals surface area contributed by atoms with Crippen molar-refractivity contribution < 1.29 is 9.90 Å². The van der Waals surface area contributed by atoms with Crippen LogP contribution in [0.5, 0.6) is 0 Å². The maximum absolute atomic E-state index is 10.5. The van der Waals surface area contributed by atoms with Gasteiger partial charge in [0, 0.05) is 13.1 Å². The number of anilines is 1. The zero-order chi connectivity index (χ0) is 12.8. The van der Waals surface area contributed by atoms with Gasteiger partial charge in [-0.1, -0.05) is 29.7 Å². The number of carboxylic acid groups (broad SMARTS) is 1. The van der Waals surface area contributed by atoms with Gasteiger partial charge in [0.1, 0.15) is 0 Å². The van der Waals surface area contributed by atoms with Gasteiger partial charge >= 0.3 is 5.97 Å². The number of halogens is 1. The van der Waals surface area contributed by atoms with Gasteiger partial charge in [-0.2, -0.15) is 0 Å². The molecule has 17 heavy (non-hydrogen) atoms. The Morgan fingerprint density at radius 2 is 2.35 bits per heavy atom. The molecule has 0 aliphatic carbocycles. The molecule has 0 bridgehead atoms. The average molecular weight is 250 g/mol. The number of para-hydroxylation sites is 1. The molecule has 0 amide bonds. The van der Waals surface area contributed by atoms with Crippen molar-refractivity contribution >= 4 is 29.3 Å². The zero-order valence-corrected chi connectivity index (χ0v) is 10.1. The van der Waals surface area contributed by atoms with Crippen molar-refractivity contribution in [1.29, 1.82) is 0 Å². The van der Waals surface area contributed by atoms with E-state index in [4.69, 9.17) is 23.1 Å². The second-order valence-corrected chi connectivity index (χ2v) is 3.82. The Morgan fingerprint density at radius 3 is 2.94 bits per heavy atom. The van der Waals surface area contributed by atoms with Crippen LogP contribution in [-0.2, 0) is 4.79 Å². The van der Waals surface area contributed by atoms with Gasteiger partial charge < -0.3 is 10.0 Å². The molecule has 0 saturated carbocycles. The number of terminal acetylenes is 1. The van der Waals surface area contributed by atoms with Crippen molar-refractivity contribution in [3.63, 3.8) is 0 Å². The fraction of sp³-hybridized carbons (Fsp3) is 0.154. The van der Waals surface area contributed by atoms with E-state index in [0.29, 0.717) is 11.6 Å². The van der Waals surface area contributed by atoms with Crippen molar-refractivity contribution in [3.05, 3.63) is 34.9 Å². The average Bonchev–Trinajstić information content (AvgIpc) is 2.26. The summed E-state index contributed by atoms with van der Waals surface area (Å²) in [6, 6.07) is 5.28. The smallest absolute Gasteiger partial charge is 0.328 e. The second-order valence-electron chi connectivity index (χ2n) is 3.41. The van der Waals surface area contributed by atoms with E-state index in [-0.39, 0.29) is 0 Å². The number of hydrogen-bond acceptors (Lipinski definition) is 2. The molecule has 0 unspecified atom stereocenters. The monoisotopic (exact) mass is 249 g/mol. The third-order valence-electron chi connectivity index (χ3n) is 2.13. The van der Waals surface area contributed by atoms with E-state index < -0.39 is 5.97 Å². The number of rotatable bonds is 4. The van der Waals surface area contributed by atoms with Crippen molar-refractivity contribution in [2.75, 3.05) is 18.5 Å². The minimum absolute atomic E-state index is 0.400. The third-order valence-corrected chi connectivity index (χ3v) is 2.44. The Hall–Kier alpha value is -1.92. The molecule has 1 N–H and O–H groups in total. The Balaban J connectivity index is 3.17. The van der Waals surface area contributed by atoms with E-state index >= 15 is 0 Å². The van der Waals surface area contributed by atoms with Gasteiger partial charge in [-0.15, -0.1) is 6.42 Å². The van der Waals surface area contributed by atoms with Crippen LogP contribution in [0.3, 0.4) is 0 Å². The van der Waals surface area contributed by atoms with Gasteiger partial charge in [0.25, 0.3) is 0 Å². The summed E-state index contributed by atoms with van der Waals surface area (Å²) < 4.78 is 0. The zero-order valence-electron chi connectivity index (χ0n) is 9.35. The molecule has 0 atom stereocenters. The summed E-state index contributed by atoms with van der Waals surface area (Å²) in [5.74, 6) is 1.51. The Labute approximate surface area is 105 Å². The maximum atomic E-state index is 10.5. The van der Waals surface area contributed by atoms with Crippen LogP contribution in [0.15, 0.2) is 24.3 Å². The number of nitrogens with zero attached hydrogens (tertiary/aromatic N) is 1. The quantitative estimate of drug-likeness (QED) is 0.658. The van der Waals surface area contributed by atoms with Crippen LogP contribution in [-0.4, -0.2) is 24.7 Å². The molecular weight excluding hydrogens is 238 g/mol. The fourth-order valence-electron chi connectivity index (χ4n) is 1.45. The molecule has 0 aliphatic rings. The summed E-state index contributed by atoms with van der Waals surface area (Å²) in [5.41, 5.74) is 1.45. The minimum Gasteiger partial charge on any atom is -0.478 e. The molecule has 1 rings (SSSR count). The molecule has 0 aromatic heterocycles. The van der Waals surface area contributed by atoms with E-state index in [1.54, 1.807) is 30.1 Å². The highest BCUT2D eigenvalue weighted by molar-refractivity contribution is 6.33. The Kier molecular flexibility index (Phi) is 4.62. The van der Waals surface area contributed by atoms with Gasteiger partial charge in [-0.3, -0.25) is 0 Å². The summed E-state index contributed by atoms with van der Waals surface area (Å²) in [5, 5.41) is 9.15. The number of aliphatic carboxylic acids is 1. The molecule has 88 valence electrons. The molecule has 0 radical (unpaired) electrons. The van der Waals surface area contributed by atoms with Crippen LogP contribution in [0.25, 0.3) is 6.08 Å². The van der Waals surface area contributed by atoms with Crippen molar-refractivity contribution in [2.45, 2.75) is 0 Å². The maximum Gasteiger partial charge on any atom is 0.328 e. The van der Waals surface area contributed by atoms with Crippen LogP contribution in [0.1, 0.15) is 5.56 Å². The predicted octanol–water partition coefficient (Wildman–Crippen LogP) is 2.51. The lowest BCUT2D eigenvalue weighted by Gasteiger charge is -2.20. The molecule has 4 heteroatoms. The van der Waals surface area contributed by atoms with E-state index in [0.717, 1.165) is 17.3 Å². The van der Waals surface area contributed by atoms with E-state index in [1.807, 2.05) is 0 Å². The topological polar surface area (TPSA) is 40.5 Å². The van der Waals surface area contributed by atoms with E-state index in [2.05, 4.69) is 5.92 Å². The van der Waals surface area contributed by atoms with Gasteiger partial charge in [-0.05, 0) is 17.7 Å². The molecule has 0 spiro atoms. The summed E-state index contributed by atoms with van der Waals surface area (Å²) >= 11 is 6.08. The van der Waals surface area contributed by atoms with Crippen molar-refractivity contribution in [2.24, 2.45) is 0 Å². The Morgan fingerprint density at radius 1 is 1.65 bits per heavy atom. The van der Waals surface area contributed by atoms with Gasteiger partial charge in [0.15, 0.2) is 0 Å². The number of hydrogen-bond donors (Lipinski definition) is 1. The standard InChI is InChI=1S/C13H12ClNO2/c1-3-9-15(2)13-10(7-8-12(16)17)5-4-6-11(13)14/h1,4-8H,9H2,2H3,(H,16,17)/b8-7+. The molecule has 0 saturated heterocycles. The Bertz CT molecular complexity index is 489. The molecule has 0 aliphatic heterocycles. The summed E-state index contributed by atoms with van der Waals surface area (Å²) in [7, 11) is 1.80. The lowest BCUT2D eigenvalue weighted by molar-refractivity contribution is -0.131. The highest BCUT2D eigenvalue weighted by Crippen LogP contribution is 2.29. The number of carbonyl (C=O) groups is 1. The van der Waals surface area contributed by atoms with Crippen molar-refractivity contribution in [1.82, 2.24) is 0 Å². The second kappa shape index (κ2) is 5.97. The first kappa shape index (κ1) is 13.1. The van der Waals surface area contributed by atoms with E-state index in [1.165, 1.54) is 6.08 Å². The van der Waals surface area contributed by atoms with Gasteiger partial charge in [-0.25, -0.2) is 4.79 Å². The lowest BCUT2D eigenvalue weighted by atomic mass is 10.1. The molecule has 1 aromatic carbocycles. The molecule has 0 heterocycles. The van der Waals surface area contributed by atoms with Crippen LogP contribution in [0, 0.1) is 12.3 Å². The van der Waals surface area contributed by atoms with E-state index in [9.17, 15) is 4.79 Å². The third kappa shape index (κ3) is 3.54. The van der Waals surface area contributed by atoms with Crippen molar-refractivity contribution in [3.8, 4) is 12.3 Å². The highest BCUT2D eigenvalue weighted by Gasteiger charge is 2.09. The number of carboxylic acids is 1. The largest absolute Gasteiger partial charge is 0.478 e. The first-order valence-electron chi connectivity index (χ1n) is 4.90. The van der Waals surface area contributed by atoms with Gasteiger partial charge in [0.05, 0.1) is 17.3 Å². The molecule has 1 aromatic rings. The molecule has 0 fully saturated rings. The normalized spacial score (nSPS) is 10.2. The fourth-order valence-corrected chi connectivity index (χ4v) is 1.77. The molecule has 3 nitrogen and oxygen atoms in total. The number of benzene rings is 1. The van der Waals surface area contributed by atoms with Gasteiger partial charge in [0.2, 0.25) is 0 Å². The highest BCUT2D eigenvalue weighted by atomic mass is 35.5. The lowest BCUT2D eigenvalue weighted by Crippen LogP contribution is -2.18. The first-order chi connectivity index (χ1) is 8.06. The predicted molar refractivity (Wildman–Crippen MR) is 70.2 cm³/mol. The summed E-state index contributed by atoms with van der Waals surface area (Å²) in [6.45, 7) is 0.400. The van der Waals surface area contributed by atoms with Crippen LogP contribution >= 0.6 is 11.6 Å². The first-order valence-corrected chi connectivity index (χ1v) is 5.28. The summed E-state index contributed by atoms with van der Waals surface area (Å²) in [6.07, 6.45) is 7.81. The SMILES string of the molecule is C#CCN(C)c1c(Cl)cccc1/C=C/C(=O)O. The van der Waals surface area contributed by atoms with Crippen LogP contribution in [0.2, 0.25) is 5.02 Å². The molecular formula is C13H12ClNO2. The minimum atomic E-state index is -1.00. The van der Waals surface area contributed by atoms with Crippen LogP contribution < -0.4 is 4.90 Å². The van der Waals surface area contributed by atoms with Crippen LogP contribution in [0.4, 0.5) is 5.69 Å². The summed E-state index contributed by atoms with van der Waals surface area (Å²) in [4.78, 5) is 12.3.